The standard InChI is InChI=1S/C51H53N3O3/c1-6-17-39-38(7-2)26-27-44-47(39)50(3,4)45(54(44)32-16-33-55)28-25-37(35-52)20-15-30-51(5,34-36-18-9-8-10-19-36)48-42-23-13-11-21-40(42)41-22-12-14-24-43(41)49(48)53-31-29-46(56)57/h6-10,12,14-15,17-28,33,53H,1,11,13,16,29-32,34H2,2-5H3,(H,56,57)/p+1/b20-15+,37-25-,38-7-,39-17+,45-28-. The molecule has 0 saturated carbocycles. The van der Waals surface area contributed by atoms with E-state index >= 15 is 0 Å². The number of fused-ring (bicyclic) bond motifs is 4. The third-order valence-electron chi connectivity index (χ3n) is 11.5. The molecule has 57 heavy (non-hydrogen) atoms. The molecular formula is C51H54N3O3+. The molecule has 0 spiro atoms. The highest BCUT2D eigenvalue weighted by Crippen LogP contribution is 2.46. The number of nitrogens with zero attached hydrogens (tertiary/aromatic N) is 2. The van der Waals surface area contributed by atoms with Crippen LogP contribution >= 0.6 is 0 Å². The molecule has 0 saturated heterocycles. The molecule has 4 aromatic rings. The molecular weight excluding hydrogens is 703 g/mol. The Bertz CT molecular complexity index is 2590. The van der Waals surface area contributed by atoms with Crippen LogP contribution in [0.3, 0.4) is 0 Å². The van der Waals surface area contributed by atoms with Gasteiger partial charge in [0, 0.05) is 46.1 Å². The molecule has 0 radical (unpaired) electrons. The molecule has 290 valence electrons. The van der Waals surface area contributed by atoms with Crippen LogP contribution in [0.5, 0.6) is 0 Å². The number of anilines is 1. The van der Waals surface area contributed by atoms with Crippen LogP contribution in [0.1, 0.15) is 76.5 Å². The van der Waals surface area contributed by atoms with Gasteiger partial charge in [-0.15, -0.1) is 0 Å². The molecule has 1 unspecified atom stereocenters. The molecule has 0 fully saturated rings. The summed E-state index contributed by atoms with van der Waals surface area (Å²) in [4.78, 5) is 25.5. The Balaban J connectivity index is 1.46. The van der Waals surface area contributed by atoms with Crippen molar-refractivity contribution in [2.45, 2.75) is 77.0 Å². The second-order valence-corrected chi connectivity index (χ2v) is 15.8. The van der Waals surface area contributed by atoms with Crippen LogP contribution in [-0.2, 0) is 26.8 Å². The molecule has 1 aliphatic carbocycles. The average molecular weight is 757 g/mol. The van der Waals surface area contributed by atoms with Crippen molar-refractivity contribution in [3.05, 3.63) is 153 Å². The van der Waals surface area contributed by atoms with Crippen LogP contribution in [0.2, 0.25) is 0 Å². The zero-order valence-electron chi connectivity index (χ0n) is 33.7. The van der Waals surface area contributed by atoms with Gasteiger partial charge in [0.05, 0.1) is 24.6 Å². The number of aldehydes is 1. The van der Waals surface area contributed by atoms with Crippen molar-refractivity contribution in [3.8, 4) is 6.07 Å². The van der Waals surface area contributed by atoms with Crippen LogP contribution in [0.15, 0.2) is 115 Å². The van der Waals surface area contributed by atoms with Crippen LogP contribution in [-0.4, -0.2) is 30.5 Å². The Labute approximate surface area is 336 Å². The minimum atomic E-state index is -0.813. The van der Waals surface area contributed by atoms with Crippen molar-refractivity contribution in [1.29, 1.82) is 5.26 Å². The number of nitriles is 1. The highest BCUT2D eigenvalue weighted by molar-refractivity contribution is 5.94. The van der Waals surface area contributed by atoms with E-state index in [1.54, 1.807) is 0 Å². The van der Waals surface area contributed by atoms with Gasteiger partial charge in [-0.1, -0.05) is 118 Å². The van der Waals surface area contributed by atoms with Crippen LogP contribution in [0.4, 0.5) is 11.4 Å². The Hall–Kier alpha value is -6.03. The lowest BCUT2D eigenvalue weighted by Crippen LogP contribution is -2.79. The summed E-state index contributed by atoms with van der Waals surface area (Å²) in [7, 11) is 0. The van der Waals surface area contributed by atoms with Crippen molar-refractivity contribution >= 4 is 58.7 Å². The van der Waals surface area contributed by atoms with E-state index in [-0.39, 0.29) is 6.42 Å². The van der Waals surface area contributed by atoms with Crippen LogP contribution in [0.25, 0.3) is 35.1 Å². The number of hydrogen-bond donors (Lipinski definition) is 2. The van der Waals surface area contributed by atoms with Gasteiger partial charge in [0.25, 0.3) is 0 Å². The van der Waals surface area contributed by atoms with Crippen molar-refractivity contribution in [2.75, 3.05) is 18.0 Å². The van der Waals surface area contributed by atoms with Crippen molar-refractivity contribution in [2.24, 2.45) is 0 Å². The fourth-order valence-corrected chi connectivity index (χ4v) is 9.03. The number of carboxylic acid groups (broad SMARTS) is 1. The van der Waals surface area contributed by atoms with E-state index in [9.17, 15) is 20.0 Å². The normalized spacial score (nSPS) is 17.1. The summed E-state index contributed by atoms with van der Waals surface area (Å²) in [5, 5.41) is 29.3. The number of nitrogens with two attached hydrogens (primary N) is 1. The highest BCUT2D eigenvalue weighted by Gasteiger charge is 2.40. The van der Waals surface area contributed by atoms with E-state index in [0.29, 0.717) is 31.5 Å². The molecule has 3 N–H and O–H groups in total. The highest BCUT2D eigenvalue weighted by atomic mass is 16.4. The summed E-state index contributed by atoms with van der Waals surface area (Å²) in [5.74, 6) is -0.813. The Morgan fingerprint density at radius 3 is 2.42 bits per heavy atom. The topological polar surface area (TPSA) is 98.0 Å². The number of rotatable bonds is 15. The number of hydrogen-bond acceptors (Lipinski definition) is 4. The van der Waals surface area contributed by atoms with E-state index < -0.39 is 16.8 Å². The summed E-state index contributed by atoms with van der Waals surface area (Å²) in [6.07, 6.45) is 23.4. The molecule has 6 heteroatoms. The maximum atomic E-state index is 11.7. The summed E-state index contributed by atoms with van der Waals surface area (Å²) in [6.45, 7) is 13.7. The number of aliphatic carboxylic acids is 1. The van der Waals surface area contributed by atoms with Gasteiger partial charge in [-0.05, 0) is 100 Å². The van der Waals surface area contributed by atoms with Gasteiger partial charge < -0.3 is 20.1 Å². The minimum absolute atomic E-state index is 0.0579. The van der Waals surface area contributed by atoms with E-state index in [0.717, 1.165) is 58.4 Å². The molecule has 1 heterocycles. The molecule has 6 rings (SSSR count). The van der Waals surface area contributed by atoms with Gasteiger partial charge in [0.1, 0.15) is 12.0 Å². The Morgan fingerprint density at radius 2 is 1.74 bits per heavy atom. The zero-order valence-corrected chi connectivity index (χ0v) is 33.7. The molecule has 0 amide bonds. The monoisotopic (exact) mass is 756 g/mol. The number of benzene rings is 4. The van der Waals surface area contributed by atoms with Crippen molar-refractivity contribution < 1.29 is 20.0 Å². The first kappa shape index (κ1) is 40.6. The fourth-order valence-electron chi connectivity index (χ4n) is 9.03. The first-order chi connectivity index (χ1) is 27.6. The lowest BCUT2D eigenvalue weighted by molar-refractivity contribution is -0.569. The predicted octanol–water partition coefficient (Wildman–Crippen LogP) is 6.80. The molecule has 2 aliphatic rings. The second-order valence-electron chi connectivity index (χ2n) is 15.8. The third kappa shape index (κ3) is 8.40. The molecule has 1 aliphatic heterocycles. The van der Waals surface area contributed by atoms with Gasteiger partial charge >= 0.3 is 5.97 Å². The first-order valence-electron chi connectivity index (χ1n) is 20.0. The van der Waals surface area contributed by atoms with Gasteiger partial charge in [-0.25, -0.2) is 0 Å². The maximum Gasteiger partial charge on any atom is 0.309 e. The maximum absolute atomic E-state index is 11.7. The summed E-state index contributed by atoms with van der Waals surface area (Å²) >= 11 is 0. The molecule has 0 bridgehead atoms. The Kier molecular flexibility index (Phi) is 12.7. The number of allylic oxidation sites excluding steroid dienone is 7. The van der Waals surface area contributed by atoms with Crippen molar-refractivity contribution in [1.82, 2.24) is 0 Å². The first-order valence-corrected chi connectivity index (χ1v) is 20.0. The van der Waals surface area contributed by atoms with E-state index in [4.69, 9.17) is 0 Å². The van der Waals surface area contributed by atoms with E-state index in [1.807, 2.05) is 37.3 Å². The molecule has 6 nitrogen and oxygen atoms in total. The number of quaternary nitrogens is 1. The van der Waals surface area contributed by atoms with E-state index in [1.165, 1.54) is 32.5 Å². The second kappa shape index (κ2) is 17.8. The predicted molar refractivity (Wildman–Crippen MR) is 235 cm³/mol. The molecule has 1 atom stereocenters. The fraction of sp³-hybridized carbons (Fsp3) is 0.275. The summed E-state index contributed by atoms with van der Waals surface area (Å²) in [6, 6.07) is 25.7. The lowest BCUT2D eigenvalue weighted by Gasteiger charge is -2.32. The third-order valence-corrected chi connectivity index (χ3v) is 11.5. The summed E-state index contributed by atoms with van der Waals surface area (Å²) < 4.78 is 0. The zero-order chi connectivity index (χ0) is 40.6. The van der Waals surface area contributed by atoms with Gasteiger partial charge in [0.15, 0.2) is 0 Å². The minimum Gasteiger partial charge on any atom is -0.481 e. The smallest absolute Gasteiger partial charge is 0.309 e. The van der Waals surface area contributed by atoms with Gasteiger partial charge in [0.2, 0.25) is 0 Å². The quantitative estimate of drug-likeness (QED) is 0.0603. The SMILES string of the molecule is C=C/C=c1/c2c(cc/c1=C/C)N(CCC=O)\C(=C/C=C(C#N)/C=C/CC(C)(Cc1ccccc1)c1c([NH2+]CCC(=O)O)c3ccccc3c3c1=CCCC=3)C2(C)C. The number of carbonyl (C=O) groups is 2. The molecule has 0 aromatic heterocycles. The van der Waals surface area contributed by atoms with Gasteiger partial charge in [-0.3, -0.25) is 4.79 Å². The molecule has 4 aromatic carbocycles. The van der Waals surface area contributed by atoms with E-state index in [2.05, 4.69) is 135 Å². The van der Waals surface area contributed by atoms with Crippen LogP contribution < -0.4 is 31.1 Å². The number of carboxylic acids is 1. The average Bonchev–Trinajstić information content (AvgIpc) is 3.43. The lowest BCUT2D eigenvalue weighted by atomic mass is 9.71. The number of carbonyl (C=O) groups excluding carboxylic acids is 1. The van der Waals surface area contributed by atoms with Gasteiger partial charge in [-0.2, -0.15) is 5.26 Å². The largest absolute Gasteiger partial charge is 0.481 e. The van der Waals surface area contributed by atoms with Crippen molar-refractivity contribution in [3.63, 3.8) is 0 Å². The summed E-state index contributed by atoms with van der Waals surface area (Å²) in [5.41, 5.74) is 6.52. The van der Waals surface area contributed by atoms with Crippen LogP contribution in [0, 0.1) is 11.3 Å². The Morgan fingerprint density at radius 1 is 1.02 bits per heavy atom.